The molecule has 0 aliphatic heterocycles. The van der Waals surface area contributed by atoms with Crippen molar-refractivity contribution in [2.45, 2.75) is 18.2 Å². The zero-order valence-electron chi connectivity index (χ0n) is 7.20. The normalized spacial score (nSPS) is 13.4. The Morgan fingerprint density at radius 3 is 2.43 bits per heavy atom. The van der Waals surface area contributed by atoms with Crippen LogP contribution in [0.25, 0.3) is 0 Å². The van der Waals surface area contributed by atoms with Gasteiger partial charge in [0.05, 0.1) is 0 Å². The van der Waals surface area contributed by atoms with Crippen molar-refractivity contribution in [2.24, 2.45) is 0 Å². The third-order valence-corrected chi connectivity index (χ3v) is 3.02. The van der Waals surface area contributed by atoms with Crippen LogP contribution in [0.2, 0.25) is 5.02 Å². The van der Waals surface area contributed by atoms with Gasteiger partial charge in [0.1, 0.15) is 10.6 Å². The predicted octanol–water partition coefficient (Wildman–Crippen LogP) is 4.49. The molecule has 0 aliphatic rings. The Morgan fingerprint density at radius 1 is 1.36 bits per heavy atom. The fourth-order valence-corrected chi connectivity index (χ4v) is 1.81. The van der Waals surface area contributed by atoms with Crippen molar-refractivity contribution in [1.29, 1.82) is 0 Å². The van der Waals surface area contributed by atoms with Gasteiger partial charge in [-0.1, -0.05) is 33.6 Å². The highest BCUT2D eigenvalue weighted by atomic mass is 79.9. The maximum absolute atomic E-state index is 12.9. The van der Waals surface area contributed by atoms with Crippen LogP contribution in [0.15, 0.2) is 12.1 Å². The average molecular weight is 288 g/mol. The first-order valence-corrected chi connectivity index (χ1v) is 5.10. The van der Waals surface area contributed by atoms with E-state index in [0.717, 1.165) is 6.07 Å². The summed E-state index contributed by atoms with van der Waals surface area (Å²) >= 11 is 8.44. The third-order valence-electron chi connectivity index (χ3n) is 1.80. The van der Waals surface area contributed by atoms with E-state index in [-0.39, 0.29) is 10.6 Å². The van der Waals surface area contributed by atoms with E-state index in [4.69, 9.17) is 11.6 Å². The number of hydrogen-bond donors (Lipinski definition) is 0. The molecule has 0 aromatic heterocycles. The van der Waals surface area contributed by atoms with Gasteiger partial charge in [0.2, 0.25) is 0 Å². The molecule has 0 amide bonds. The number of benzene rings is 1. The van der Waals surface area contributed by atoms with Gasteiger partial charge in [-0.05, 0) is 24.1 Å². The molecule has 0 saturated carbocycles. The standard InChI is InChI=1S/C9H7BrClF3/c1-4-2-5(8(10)9(13)14)6(11)3-7(4)12/h2-3,8-9H,1H3. The monoisotopic (exact) mass is 286 g/mol. The minimum atomic E-state index is -2.57. The Bertz CT molecular complexity index is 341. The van der Waals surface area contributed by atoms with Crippen LogP contribution in [-0.2, 0) is 0 Å². The van der Waals surface area contributed by atoms with Gasteiger partial charge < -0.3 is 0 Å². The highest BCUT2D eigenvalue weighted by Crippen LogP contribution is 2.35. The molecule has 0 aliphatic carbocycles. The van der Waals surface area contributed by atoms with Gasteiger partial charge in [-0.15, -0.1) is 0 Å². The minimum Gasteiger partial charge on any atom is -0.209 e. The van der Waals surface area contributed by atoms with Crippen LogP contribution < -0.4 is 0 Å². The fourth-order valence-electron chi connectivity index (χ4n) is 1.03. The molecule has 5 heteroatoms. The molecule has 1 unspecified atom stereocenters. The molecule has 1 aromatic rings. The number of aryl methyl sites for hydroxylation is 1. The van der Waals surface area contributed by atoms with E-state index < -0.39 is 17.1 Å². The van der Waals surface area contributed by atoms with E-state index in [9.17, 15) is 13.2 Å². The van der Waals surface area contributed by atoms with Gasteiger partial charge >= 0.3 is 0 Å². The van der Waals surface area contributed by atoms with Crippen LogP contribution >= 0.6 is 27.5 Å². The van der Waals surface area contributed by atoms with Crippen LogP contribution in [0.3, 0.4) is 0 Å². The molecule has 0 bridgehead atoms. The number of hydrogen-bond acceptors (Lipinski definition) is 0. The van der Waals surface area contributed by atoms with Crippen molar-refractivity contribution in [3.05, 3.63) is 34.1 Å². The van der Waals surface area contributed by atoms with Crippen LogP contribution in [0, 0.1) is 12.7 Å². The summed E-state index contributed by atoms with van der Waals surface area (Å²) in [6.07, 6.45) is -2.57. The average Bonchev–Trinajstić information content (AvgIpc) is 2.10. The molecule has 0 fully saturated rings. The quantitative estimate of drug-likeness (QED) is 0.703. The second kappa shape index (κ2) is 4.53. The molecule has 0 radical (unpaired) electrons. The third kappa shape index (κ3) is 2.42. The smallest absolute Gasteiger partial charge is 0.209 e. The summed E-state index contributed by atoms with van der Waals surface area (Å²) in [6, 6.07) is 2.37. The zero-order valence-corrected chi connectivity index (χ0v) is 9.54. The molecule has 0 saturated heterocycles. The van der Waals surface area contributed by atoms with Gasteiger partial charge in [0, 0.05) is 5.02 Å². The molecule has 0 spiro atoms. The Kier molecular flexibility index (Phi) is 3.84. The van der Waals surface area contributed by atoms with Gasteiger partial charge in [0.15, 0.2) is 0 Å². The van der Waals surface area contributed by atoms with E-state index in [1.54, 1.807) is 0 Å². The van der Waals surface area contributed by atoms with Crippen molar-refractivity contribution in [2.75, 3.05) is 0 Å². The summed E-state index contributed by atoms with van der Waals surface area (Å²) < 4.78 is 37.6. The fraction of sp³-hybridized carbons (Fsp3) is 0.333. The molecular weight excluding hydrogens is 280 g/mol. The maximum Gasteiger partial charge on any atom is 0.255 e. The Balaban J connectivity index is 3.15. The summed E-state index contributed by atoms with van der Waals surface area (Å²) in [5.41, 5.74) is 0.509. The molecule has 0 heterocycles. The summed E-state index contributed by atoms with van der Waals surface area (Å²) in [4.78, 5) is -1.16. The molecule has 1 atom stereocenters. The van der Waals surface area contributed by atoms with Gasteiger partial charge in [-0.2, -0.15) is 0 Å². The van der Waals surface area contributed by atoms with Crippen molar-refractivity contribution in [1.82, 2.24) is 0 Å². The van der Waals surface area contributed by atoms with E-state index in [1.165, 1.54) is 13.0 Å². The largest absolute Gasteiger partial charge is 0.255 e. The summed E-state index contributed by atoms with van der Waals surface area (Å²) in [6.45, 7) is 1.50. The Labute approximate surface area is 93.2 Å². The van der Waals surface area contributed by atoms with Crippen molar-refractivity contribution in [3.63, 3.8) is 0 Å². The molecule has 78 valence electrons. The second-order valence-corrected chi connectivity index (χ2v) is 4.25. The SMILES string of the molecule is Cc1cc(C(Br)C(F)F)c(Cl)cc1F. The lowest BCUT2D eigenvalue weighted by Crippen LogP contribution is -2.03. The molecular formula is C9H7BrClF3. The Hall–Kier alpha value is -0.220. The summed E-state index contributed by atoms with van der Waals surface area (Å²) in [5.74, 6) is -0.493. The zero-order chi connectivity index (χ0) is 10.9. The van der Waals surface area contributed by atoms with E-state index in [1.807, 2.05) is 0 Å². The summed E-state index contributed by atoms with van der Waals surface area (Å²) in [5, 5.41) is 0.00951. The van der Waals surface area contributed by atoms with E-state index in [0.29, 0.717) is 5.56 Å². The van der Waals surface area contributed by atoms with Crippen LogP contribution in [0.5, 0.6) is 0 Å². The van der Waals surface area contributed by atoms with Crippen molar-refractivity contribution < 1.29 is 13.2 Å². The topological polar surface area (TPSA) is 0 Å². The summed E-state index contributed by atoms with van der Waals surface area (Å²) in [7, 11) is 0. The lowest BCUT2D eigenvalue weighted by Gasteiger charge is -2.12. The van der Waals surface area contributed by atoms with Crippen LogP contribution in [-0.4, -0.2) is 6.43 Å². The first-order chi connectivity index (χ1) is 6.43. The molecule has 14 heavy (non-hydrogen) atoms. The van der Waals surface area contributed by atoms with E-state index >= 15 is 0 Å². The van der Waals surface area contributed by atoms with E-state index in [2.05, 4.69) is 15.9 Å². The first kappa shape index (κ1) is 11.9. The van der Waals surface area contributed by atoms with Gasteiger partial charge in [-0.3, -0.25) is 0 Å². The van der Waals surface area contributed by atoms with Crippen molar-refractivity contribution in [3.8, 4) is 0 Å². The number of halogens is 5. The second-order valence-electron chi connectivity index (χ2n) is 2.86. The lowest BCUT2D eigenvalue weighted by atomic mass is 10.1. The first-order valence-electron chi connectivity index (χ1n) is 3.81. The predicted molar refractivity (Wildman–Crippen MR) is 53.8 cm³/mol. The van der Waals surface area contributed by atoms with Crippen LogP contribution in [0.1, 0.15) is 16.0 Å². The number of alkyl halides is 3. The highest BCUT2D eigenvalue weighted by Gasteiger charge is 2.22. The van der Waals surface area contributed by atoms with Crippen molar-refractivity contribution >= 4 is 27.5 Å². The lowest BCUT2D eigenvalue weighted by molar-refractivity contribution is 0.147. The Morgan fingerprint density at radius 2 is 1.93 bits per heavy atom. The number of rotatable bonds is 2. The van der Waals surface area contributed by atoms with Gasteiger partial charge in [0.25, 0.3) is 6.43 Å². The molecule has 0 N–H and O–H groups in total. The maximum atomic E-state index is 12.9. The highest BCUT2D eigenvalue weighted by molar-refractivity contribution is 9.09. The minimum absolute atomic E-state index is 0.00951. The molecule has 1 aromatic carbocycles. The molecule has 0 nitrogen and oxygen atoms in total. The molecule has 1 rings (SSSR count). The van der Waals surface area contributed by atoms with Gasteiger partial charge in [-0.25, -0.2) is 13.2 Å². The van der Waals surface area contributed by atoms with Crippen LogP contribution in [0.4, 0.5) is 13.2 Å².